The highest BCUT2D eigenvalue weighted by molar-refractivity contribution is 6.09. The third kappa shape index (κ3) is 2.84. The third-order valence-electron chi connectivity index (χ3n) is 5.04. The van der Waals surface area contributed by atoms with Crippen molar-refractivity contribution in [3.63, 3.8) is 0 Å². The average Bonchev–Trinajstić information content (AvgIpc) is 2.91. The van der Waals surface area contributed by atoms with Crippen LogP contribution in [0.3, 0.4) is 0 Å². The number of carbonyl (C=O) groups is 1. The van der Waals surface area contributed by atoms with E-state index in [1.807, 2.05) is 90.7 Å². The summed E-state index contributed by atoms with van der Waals surface area (Å²) in [6, 6.07) is 28.4. The fourth-order valence-corrected chi connectivity index (χ4v) is 3.56. The molecule has 1 unspecified atom stereocenters. The van der Waals surface area contributed by atoms with Gasteiger partial charge in [-0.1, -0.05) is 91.0 Å². The van der Waals surface area contributed by atoms with Crippen molar-refractivity contribution in [2.45, 2.75) is 18.9 Å². The first-order chi connectivity index (χ1) is 12.7. The van der Waals surface area contributed by atoms with Gasteiger partial charge in [0, 0.05) is 5.69 Å². The van der Waals surface area contributed by atoms with Crippen LogP contribution < -0.4 is 4.90 Å². The van der Waals surface area contributed by atoms with Crippen LogP contribution in [0.4, 0.5) is 5.69 Å². The van der Waals surface area contributed by atoms with Crippen LogP contribution in [0.15, 0.2) is 91.0 Å². The molecular formula is C24H21NO. The summed E-state index contributed by atoms with van der Waals surface area (Å²) in [4.78, 5) is 15.3. The van der Waals surface area contributed by atoms with E-state index in [9.17, 15) is 4.79 Å². The van der Waals surface area contributed by atoms with E-state index in [1.165, 1.54) is 0 Å². The molecule has 0 N–H and O–H groups in total. The van der Waals surface area contributed by atoms with Crippen molar-refractivity contribution in [2.75, 3.05) is 4.90 Å². The number of hydrogen-bond acceptors (Lipinski definition) is 1. The van der Waals surface area contributed by atoms with Gasteiger partial charge in [-0.3, -0.25) is 4.79 Å². The molecule has 0 aliphatic carbocycles. The highest BCUT2D eigenvalue weighted by atomic mass is 16.2. The minimum atomic E-state index is -0.652. The minimum Gasteiger partial charge on any atom is -0.307 e. The molecule has 1 aliphatic heterocycles. The second-order valence-corrected chi connectivity index (χ2v) is 6.84. The van der Waals surface area contributed by atoms with E-state index in [1.54, 1.807) is 0 Å². The lowest BCUT2D eigenvalue weighted by atomic mass is 9.83. The van der Waals surface area contributed by atoms with Crippen molar-refractivity contribution in [1.82, 2.24) is 0 Å². The SMILES string of the molecule is CC1(/C=C/c2ccccc2)C(=O)N(Cc2ccccc2)c2ccccc21. The molecule has 0 saturated heterocycles. The van der Waals surface area contributed by atoms with Crippen LogP contribution in [0.25, 0.3) is 6.08 Å². The van der Waals surface area contributed by atoms with Gasteiger partial charge in [0.05, 0.1) is 12.0 Å². The summed E-state index contributed by atoms with van der Waals surface area (Å²) in [5.41, 5.74) is 3.64. The van der Waals surface area contributed by atoms with Crippen LogP contribution in [0.2, 0.25) is 0 Å². The number of nitrogens with zero attached hydrogens (tertiary/aromatic N) is 1. The Morgan fingerprint density at radius 1 is 0.846 bits per heavy atom. The molecule has 2 heteroatoms. The minimum absolute atomic E-state index is 0.120. The van der Waals surface area contributed by atoms with Gasteiger partial charge in [0.25, 0.3) is 0 Å². The number of carbonyl (C=O) groups excluding carboxylic acids is 1. The first kappa shape index (κ1) is 16.3. The number of rotatable bonds is 4. The van der Waals surface area contributed by atoms with Gasteiger partial charge in [-0.25, -0.2) is 0 Å². The molecule has 3 aromatic carbocycles. The van der Waals surface area contributed by atoms with Gasteiger partial charge < -0.3 is 4.90 Å². The maximum atomic E-state index is 13.4. The van der Waals surface area contributed by atoms with Crippen LogP contribution >= 0.6 is 0 Å². The number of amides is 1. The van der Waals surface area contributed by atoms with Gasteiger partial charge in [0.1, 0.15) is 0 Å². The Kier molecular flexibility index (Phi) is 4.18. The summed E-state index contributed by atoms with van der Waals surface area (Å²) in [6.45, 7) is 2.60. The zero-order chi connectivity index (χ0) is 18.0. The molecule has 0 fully saturated rings. The van der Waals surface area contributed by atoms with Crippen LogP contribution in [-0.2, 0) is 16.8 Å². The molecule has 1 atom stereocenters. The van der Waals surface area contributed by atoms with Crippen LogP contribution in [0.1, 0.15) is 23.6 Å². The Labute approximate surface area is 154 Å². The van der Waals surface area contributed by atoms with Crippen LogP contribution in [0, 0.1) is 0 Å². The summed E-state index contributed by atoms with van der Waals surface area (Å²) in [6.07, 6.45) is 4.08. The second kappa shape index (κ2) is 6.64. The quantitative estimate of drug-likeness (QED) is 0.639. The van der Waals surface area contributed by atoms with Gasteiger partial charge in [0.2, 0.25) is 5.91 Å². The Morgan fingerprint density at radius 2 is 1.46 bits per heavy atom. The predicted octanol–water partition coefficient (Wildman–Crippen LogP) is 5.20. The molecule has 1 heterocycles. The lowest BCUT2D eigenvalue weighted by Crippen LogP contribution is -2.36. The second-order valence-electron chi connectivity index (χ2n) is 6.84. The molecule has 1 aliphatic rings. The smallest absolute Gasteiger partial charge is 0.241 e. The summed E-state index contributed by atoms with van der Waals surface area (Å²) in [5.74, 6) is 0.120. The maximum Gasteiger partial charge on any atom is 0.241 e. The highest BCUT2D eigenvalue weighted by Gasteiger charge is 2.45. The lowest BCUT2D eigenvalue weighted by molar-refractivity contribution is -0.121. The van der Waals surface area contributed by atoms with E-state index in [0.29, 0.717) is 6.54 Å². The van der Waals surface area contributed by atoms with Crippen molar-refractivity contribution in [2.24, 2.45) is 0 Å². The molecule has 0 saturated carbocycles. The number of para-hydroxylation sites is 1. The van der Waals surface area contributed by atoms with Crippen molar-refractivity contribution < 1.29 is 4.79 Å². The van der Waals surface area contributed by atoms with E-state index >= 15 is 0 Å². The Balaban J connectivity index is 1.72. The molecule has 0 spiro atoms. The number of hydrogen-bond donors (Lipinski definition) is 0. The average molecular weight is 339 g/mol. The number of fused-ring (bicyclic) bond motifs is 1. The van der Waals surface area contributed by atoms with E-state index in [4.69, 9.17) is 0 Å². The molecule has 128 valence electrons. The van der Waals surface area contributed by atoms with Gasteiger partial charge in [-0.05, 0) is 29.7 Å². The van der Waals surface area contributed by atoms with Crippen LogP contribution in [-0.4, -0.2) is 5.91 Å². The molecule has 26 heavy (non-hydrogen) atoms. The first-order valence-corrected chi connectivity index (χ1v) is 8.88. The van der Waals surface area contributed by atoms with E-state index in [0.717, 1.165) is 22.4 Å². The lowest BCUT2D eigenvalue weighted by Gasteiger charge is -2.21. The molecule has 0 bridgehead atoms. The van der Waals surface area contributed by atoms with E-state index in [-0.39, 0.29) is 5.91 Å². The van der Waals surface area contributed by atoms with Gasteiger partial charge in [-0.15, -0.1) is 0 Å². The monoisotopic (exact) mass is 339 g/mol. The fourth-order valence-electron chi connectivity index (χ4n) is 3.56. The van der Waals surface area contributed by atoms with E-state index in [2.05, 4.69) is 18.2 Å². The highest BCUT2D eigenvalue weighted by Crippen LogP contribution is 2.43. The van der Waals surface area contributed by atoms with Gasteiger partial charge >= 0.3 is 0 Å². The molecular weight excluding hydrogens is 318 g/mol. The van der Waals surface area contributed by atoms with Crippen molar-refractivity contribution in [3.05, 3.63) is 108 Å². The Bertz CT molecular complexity index is 946. The summed E-state index contributed by atoms with van der Waals surface area (Å²) < 4.78 is 0. The van der Waals surface area contributed by atoms with Crippen molar-refractivity contribution >= 4 is 17.7 Å². The zero-order valence-electron chi connectivity index (χ0n) is 14.8. The fraction of sp³-hybridized carbons (Fsp3) is 0.125. The molecule has 0 aromatic heterocycles. The summed E-state index contributed by atoms with van der Waals surface area (Å²) in [7, 11) is 0. The maximum absolute atomic E-state index is 13.4. The standard InChI is InChI=1S/C24H21NO/c1-24(17-16-19-10-4-2-5-11-19)21-14-8-9-15-22(21)25(23(24)26)18-20-12-6-3-7-13-20/h2-17H,18H2,1H3/b17-16+. The molecule has 4 rings (SSSR count). The predicted molar refractivity (Wildman–Crippen MR) is 107 cm³/mol. The Morgan fingerprint density at radius 3 is 2.19 bits per heavy atom. The zero-order valence-corrected chi connectivity index (χ0v) is 14.8. The molecule has 3 aromatic rings. The van der Waals surface area contributed by atoms with Gasteiger partial charge in [-0.2, -0.15) is 0 Å². The molecule has 0 radical (unpaired) electrons. The van der Waals surface area contributed by atoms with Crippen LogP contribution in [0.5, 0.6) is 0 Å². The topological polar surface area (TPSA) is 20.3 Å². The number of anilines is 1. The third-order valence-corrected chi connectivity index (χ3v) is 5.04. The summed E-state index contributed by atoms with van der Waals surface area (Å²) >= 11 is 0. The van der Waals surface area contributed by atoms with Gasteiger partial charge in [0.15, 0.2) is 0 Å². The summed E-state index contributed by atoms with van der Waals surface area (Å²) in [5, 5.41) is 0. The first-order valence-electron chi connectivity index (χ1n) is 8.88. The normalized spacial score (nSPS) is 19.1. The Hall–Kier alpha value is -3.13. The van der Waals surface area contributed by atoms with Crippen molar-refractivity contribution in [3.8, 4) is 0 Å². The number of benzene rings is 3. The van der Waals surface area contributed by atoms with Crippen molar-refractivity contribution in [1.29, 1.82) is 0 Å². The molecule has 1 amide bonds. The largest absolute Gasteiger partial charge is 0.307 e. The molecule has 2 nitrogen and oxygen atoms in total. The van der Waals surface area contributed by atoms with E-state index < -0.39 is 5.41 Å².